The van der Waals surface area contributed by atoms with Gasteiger partial charge in [0.15, 0.2) is 0 Å². The number of hydrogen-bond acceptors (Lipinski definition) is 9. The molecule has 0 spiro atoms. The summed E-state index contributed by atoms with van der Waals surface area (Å²) in [5, 5.41) is 4.50. The lowest BCUT2D eigenvalue weighted by Crippen LogP contribution is -2.51. The molecular formula is C25H28N6O3S2. The standard InChI is InChI=1S/C25H28N6O3S2/c1-34-11-10-30-6-8-31(9-7-30)24(32)15-2-4-17-19(12-15)35-23-21(17)22(26-14-27-23)28-16-3-5-18-20(13-16)36-25(33)29-18/h3,5,13-15H,2,4,6-12H2,1H3,(H,29,33)(H,26,27,28). The molecule has 4 aromatic rings. The van der Waals surface area contributed by atoms with Gasteiger partial charge in [-0.15, -0.1) is 11.3 Å². The number of hydrogen-bond donors (Lipinski definition) is 2. The number of methoxy groups -OCH3 is 1. The third-order valence-corrected chi connectivity index (χ3v) is 9.18. The lowest BCUT2D eigenvalue weighted by molar-refractivity contribution is -0.137. The van der Waals surface area contributed by atoms with Crippen molar-refractivity contribution < 1.29 is 9.53 Å². The Morgan fingerprint density at radius 3 is 2.92 bits per heavy atom. The molecular weight excluding hydrogens is 496 g/mol. The van der Waals surface area contributed by atoms with Gasteiger partial charge in [0.1, 0.15) is 17.0 Å². The minimum Gasteiger partial charge on any atom is -0.383 e. The van der Waals surface area contributed by atoms with Crippen LogP contribution in [0.3, 0.4) is 0 Å². The van der Waals surface area contributed by atoms with Gasteiger partial charge in [0, 0.05) is 56.3 Å². The van der Waals surface area contributed by atoms with Crippen molar-refractivity contribution in [2.45, 2.75) is 19.3 Å². The maximum atomic E-state index is 13.3. The molecule has 9 nitrogen and oxygen atoms in total. The predicted molar refractivity (Wildman–Crippen MR) is 144 cm³/mol. The first kappa shape index (κ1) is 23.5. The Balaban J connectivity index is 1.19. The van der Waals surface area contributed by atoms with Gasteiger partial charge in [0.2, 0.25) is 5.91 Å². The summed E-state index contributed by atoms with van der Waals surface area (Å²) < 4.78 is 6.09. The van der Waals surface area contributed by atoms with E-state index < -0.39 is 0 Å². The molecule has 0 saturated carbocycles. The number of rotatable bonds is 6. The summed E-state index contributed by atoms with van der Waals surface area (Å²) in [5.74, 6) is 1.09. The molecule has 188 valence electrons. The molecule has 0 bridgehead atoms. The molecule has 1 unspecified atom stereocenters. The lowest BCUT2D eigenvalue weighted by atomic mass is 9.86. The van der Waals surface area contributed by atoms with Crippen LogP contribution in [0.2, 0.25) is 0 Å². The Kier molecular flexibility index (Phi) is 6.46. The fourth-order valence-corrected chi connectivity index (χ4v) is 7.29. The van der Waals surface area contributed by atoms with Crippen LogP contribution in [0.1, 0.15) is 16.9 Å². The van der Waals surface area contributed by atoms with E-state index in [9.17, 15) is 9.59 Å². The molecule has 1 aromatic carbocycles. The van der Waals surface area contributed by atoms with Crippen molar-refractivity contribution in [1.29, 1.82) is 0 Å². The molecule has 1 atom stereocenters. The predicted octanol–water partition coefficient (Wildman–Crippen LogP) is 3.23. The molecule has 36 heavy (non-hydrogen) atoms. The van der Waals surface area contributed by atoms with E-state index in [-0.39, 0.29) is 16.7 Å². The normalized spacial score (nSPS) is 18.6. The number of H-pyrrole nitrogens is 1. The van der Waals surface area contributed by atoms with Crippen molar-refractivity contribution >= 4 is 60.5 Å². The number of benzene rings is 1. The van der Waals surface area contributed by atoms with Crippen molar-refractivity contribution in [2.75, 3.05) is 51.8 Å². The fourth-order valence-electron chi connectivity index (χ4n) is 5.25. The first-order chi connectivity index (χ1) is 17.6. The van der Waals surface area contributed by atoms with Gasteiger partial charge in [-0.25, -0.2) is 9.97 Å². The highest BCUT2D eigenvalue weighted by atomic mass is 32.1. The van der Waals surface area contributed by atoms with Gasteiger partial charge < -0.3 is 19.9 Å². The largest absolute Gasteiger partial charge is 0.383 e. The highest BCUT2D eigenvalue weighted by molar-refractivity contribution is 7.19. The summed E-state index contributed by atoms with van der Waals surface area (Å²) in [6.07, 6.45) is 4.05. The number of thiophene rings is 1. The third-order valence-electron chi connectivity index (χ3n) is 7.17. The Hall–Kier alpha value is -2.86. The minimum atomic E-state index is -0.0597. The van der Waals surface area contributed by atoms with Crippen LogP contribution in [0.25, 0.3) is 20.4 Å². The zero-order valence-electron chi connectivity index (χ0n) is 20.1. The van der Waals surface area contributed by atoms with Gasteiger partial charge in [-0.1, -0.05) is 11.3 Å². The van der Waals surface area contributed by atoms with E-state index in [1.54, 1.807) is 24.8 Å². The number of nitrogens with zero attached hydrogens (tertiary/aromatic N) is 4. The number of aromatic amines is 1. The van der Waals surface area contributed by atoms with Crippen LogP contribution in [0.4, 0.5) is 11.5 Å². The van der Waals surface area contributed by atoms with Crippen LogP contribution in [0, 0.1) is 5.92 Å². The van der Waals surface area contributed by atoms with E-state index in [2.05, 4.69) is 25.2 Å². The van der Waals surface area contributed by atoms with Crippen molar-refractivity contribution in [3.63, 3.8) is 0 Å². The highest BCUT2D eigenvalue weighted by Gasteiger charge is 2.32. The van der Waals surface area contributed by atoms with E-state index in [1.165, 1.54) is 21.8 Å². The number of fused-ring (bicyclic) bond motifs is 4. The maximum Gasteiger partial charge on any atom is 0.305 e. The Bertz CT molecular complexity index is 1470. The van der Waals surface area contributed by atoms with Gasteiger partial charge in [0.05, 0.1) is 22.2 Å². The average Bonchev–Trinajstić information content (AvgIpc) is 3.46. The van der Waals surface area contributed by atoms with Gasteiger partial charge in [-0.3, -0.25) is 14.5 Å². The smallest absolute Gasteiger partial charge is 0.305 e. The number of nitrogens with one attached hydrogen (secondary N) is 2. The Morgan fingerprint density at radius 1 is 1.22 bits per heavy atom. The molecule has 0 radical (unpaired) electrons. The SMILES string of the molecule is COCCN1CCN(C(=O)C2CCc3c(sc4ncnc(Nc5ccc6[nH]c(=O)sc6c5)c34)C2)CC1. The Morgan fingerprint density at radius 2 is 2.08 bits per heavy atom. The molecule has 11 heteroatoms. The lowest BCUT2D eigenvalue weighted by Gasteiger charge is -2.37. The number of carbonyl (C=O) groups excluding carboxylic acids is 1. The molecule has 1 aliphatic heterocycles. The number of thiazole rings is 1. The molecule has 1 saturated heterocycles. The zero-order valence-corrected chi connectivity index (χ0v) is 21.7. The minimum absolute atomic E-state index is 0.0271. The van der Waals surface area contributed by atoms with E-state index >= 15 is 0 Å². The van der Waals surface area contributed by atoms with Crippen molar-refractivity contribution in [3.05, 3.63) is 44.6 Å². The van der Waals surface area contributed by atoms with Gasteiger partial charge >= 0.3 is 4.87 Å². The fraction of sp³-hybridized carbons (Fsp3) is 0.440. The molecule has 3 aromatic heterocycles. The van der Waals surface area contributed by atoms with Gasteiger partial charge in [-0.05, 0) is 43.0 Å². The summed E-state index contributed by atoms with van der Waals surface area (Å²) >= 11 is 2.88. The van der Waals surface area contributed by atoms with Gasteiger partial charge in [-0.2, -0.15) is 0 Å². The first-order valence-corrected chi connectivity index (χ1v) is 13.9. The monoisotopic (exact) mass is 524 g/mol. The summed E-state index contributed by atoms with van der Waals surface area (Å²) in [6.45, 7) is 5.05. The van der Waals surface area contributed by atoms with Crippen LogP contribution in [0.5, 0.6) is 0 Å². The van der Waals surface area contributed by atoms with E-state index in [4.69, 9.17) is 4.74 Å². The maximum absolute atomic E-state index is 13.3. The number of carbonyl (C=O) groups is 1. The van der Waals surface area contributed by atoms with Crippen LogP contribution >= 0.6 is 22.7 Å². The molecule has 1 fully saturated rings. The molecule has 1 aliphatic carbocycles. The number of aromatic nitrogens is 3. The third kappa shape index (κ3) is 4.52. The van der Waals surface area contributed by atoms with Crippen LogP contribution in [0.15, 0.2) is 29.3 Å². The molecule has 6 rings (SSSR count). The molecule has 2 aliphatic rings. The van der Waals surface area contributed by atoms with Crippen LogP contribution < -0.4 is 10.2 Å². The van der Waals surface area contributed by atoms with Crippen LogP contribution in [-0.2, 0) is 22.4 Å². The summed E-state index contributed by atoms with van der Waals surface area (Å²) in [7, 11) is 1.72. The number of piperazine rings is 1. The second kappa shape index (κ2) is 9.89. The number of ether oxygens (including phenoxy) is 1. The van der Waals surface area contributed by atoms with Gasteiger partial charge in [0.25, 0.3) is 0 Å². The summed E-state index contributed by atoms with van der Waals surface area (Å²) in [4.78, 5) is 43.5. The second-order valence-corrected chi connectivity index (χ2v) is 11.5. The number of amides is 1. The van der Waals surface area contributed by atoms with E-state index in [0.717, 1.165) is 90.5 Å². The summed E-state index contributed by atoms with van der Waals surface area (Å²) in [5.41, 5.74) is 2.98. The van der Waals surface area contributed by atoms with Crippen molar-refractivity contribution in [1.82, 2.24) is 24.8 Å². The van der Waals surface area contributed by atoms with Crippen LogP contribution in [-0.4, -0.2) is 77.1 Å². The number of aryl methyl sites for hydroxylation is 1. The van der Waals surface area contributed by atoms with Crippen molar-refractivity contribution in [3.8, 4) is 0 Å². The first-order valence-electron chi connectivity index (χ1n) is 12.2. The van der Waals surface area contributed by atoms with E-state index in [0.29, 0.717) is 0 Å². The Labute approximate surface area is 216 Å². The topological polar surface area (TPSA) is 103 Å². The second-order valence-electron chi connectivity index (χ2n) is 9.36. The zero-order chi connectivity index (χ0) is 24.6. The molecule has 2 N–H and O–H groups in total. The van der Waals surface area contributed by atoms with E-state index in [1.807, 2.05) is 23.1 Å². The quantitative estimate of drug-likeness (QED) is 0.399. The van der Waals surface area contributed by atoms with Crippen molar-refractivity contribution in [2.24, 2.45) is 5.92 Å². The average molecular weight is 525 g/mol. The molecule has 1 amide bonds. The highest BCUT2D eigenvalue weighted by Crippen LogP contribution is 2.41. The molecule has 4 heterocycles. The summed E-state index contributed by atoms with van der Waals surface area (Å²) in [6, 6.07) is 5.82. The number of anilines is 2.